The summed E-state index contributed by atoms with van der Waals surface area (Å²) in [5, 5.41) is 17.8. The summed E-state index contributed by atoms with van der Waals surface area (Å²) in [6, 6.07) is 10.5. The van der Waals surface area contributed by atoms with Crippen LogP contribution in [0.3, 0.4) is 0 Å². The van der Waals surface area contributed by atoms with Crippen molar-refractivity contribution in [3.05, 3.63) is 61.8 Å². The molecule has 1 heterocycles. The lowest BCUT2D eigenvalue weighted by Gasteiger charge is -2.03. The minimum atomic E-state index is -0.567. The zero-order valence-corrected chi connectivity index (χ0v) is 14.5. The van der Waals surface area contributed by atoms with Crippen LogP contribution in [0.2, 0.25) is 10.0 Å². The van der Waals surface area contributed by atoms with Crippen LogP contribution in [0.15, 0.2) is 46.4 Å². The summed E-state index contributed by atoms with van der Waals surface area (Å²) in [6.07, 6.45) is 2.58. The highest BCUT2D eigenvalue weighted by Crippen LogP contribution is 2.21. The Morgan fingerprint density at radius 2 is 2.25 bits per heavy atom. The molecule has 0 atom stereocenters. The van der Waals surface area contributed by atoms with E-state index in [4.69, 9.17) is 33.3 Å². The molecule has 2 aromatic rings. The van der Waals surface area contributed by atoms with E-state index in [-0.39, 0.29) is 12.2 Å². The van der Waals surface area contributed by atoms with Crippen molar-refractivity contribution in [2.45, 2.75) is 6.61 Å². The SMILES string of the molecule is N#C/C(=C\c1cccs1)C(=O)N/C=N\OCc1ccc(Cl)cc1Cl. The molecule has 0 saturated heterocycles. The predicted octanol–water partition coefficient (Wildman–Crippen LogP) is 4.24. The van der Waals surface area contributed by atoms with Crippen LogP contribution in [-0.2, 0) is 16.2 Å². The summed E-state index contributed by atoms with van der Waals surface area (Å²) < 4.78 is 0. The number of benzene rings is 1. The summed E-state index contributed by atoms with van der Waals surface area (Å²) in [4.78, 5) is 17.7. The molecule has 5 nitrogen and oxygen atoms in total. The lowest BCUT2D eigenvalue weighted by atomic mass is 10.2. The van der Waals surface area contributed by atoms with Crippen LogP contribution in [0.5, 0.6) is 0 Å². The summed E-state index contributed by atoms with van der Waals surface area (Å²) in [5.74, 6) is -0.567. The molecule has 2 rings (SSSR count). The van der Waals surface area contributed by atoms with Gasteiger partial charge >= 0.3 is 0 Å². The van der Waals surface area contributed by atoms with E-state index in [1.807, 2.05) is 23.6 Å². The molecule has 0 unspecified atom stereocenters. The zero-order chi connectivity index (χ0) is 17.4. The lowest BCUT2D eigenvalue weighted by molar-refractivity contribution is -0.115. The number of rotatable bonds is 6. The number of nitrogens with zero attached hydrogens (tertiary/aromatic N) is 2. The van der Waals surface area contributed by atoms with Crippen LogP contribution in [0, 0.1) is 11.3 Å². The molecule has 0 aliphatic rings. The third-order valence-corrected chi connectivity index (χ3v) is 4.16. The van der Waals surface area contributed by atoms with Gasteiger partial charge in [0.2, 0.25) is 0 Å². The minimum absolute atomic E-state index is 0.0235. The predicted molar refractivity (Wildman–Crippen MR) is 95.8 cm³/mol. The molecular formula is C16H11Cl2N3O2S. The number of hydrogen-bond donors (Lipinski definition) is 1. The summed E-state index contributed by atoms with van der Waals surface area (Å²) in [5.41, 5.74) is 0.685. The monoisotopic (exact) mass is 379 g/mol. The van der Waals surface area contributed by atoms with Crippen LogP contribution < -0.4 is 5.32 Å². The van der Waals surface area contributed by atoms with Crippen molar-refractivity contribution in [2.75, 3.05) is 0 Å². The van der Waals surface area contributed by atoms with Crippen LogP contribution in [0.4, 0.5) is 0 Å². The molecule has 0 bridgehead atoms. The number of thiophene rings is 1. The molecule has 0 spiro atoms. The number of oxime groups is 1. The van der Waals surface area contributed by atoms with E-state index in [1.165, 1.54) is 17.4 Å². The molecule has 0 aliphatic heterocycles. The third-order valence-electron chi connectivity index (χ3n) is 2.75. The fourth-order valence-electron chi connectivity index (χ4n) is 1.61. The van der Waals surface area contributed by atoms with E-state index in [1.54, 1.807) is 18.2 Å². The van der Waals surface area contributed by atoms with E-state index in [0.29, 0.717) is 15.6 Å². The number of amides is 1. The number of hydrogen-bond acceptors (Lipinski definition) is 5. The molecule has 1 aromatic carbocycles. The van der Waals surface area contributed by atoms with Gasteiger partial charge < -0.3 is 10.2 Å². The summed E-state index contributed by atoms with van der Waals surface area (Å²) in [6.45, 7) is 0.124. The maximum Gasteiger partial charge on any atom is 0.267 e. The van der Waals surface area contributed by atoms with E-state index >= 15 is 0 Å². The molecule has 0 aliphatic carbocycles. The van der Waals surface area contributed by atoms with Crippen molar-refractivity contribution in [3.63, 3.8) is 0 Å². The van der Waals surface area contributed by atoms with Gasteiger partial charge in [-0.25, -0.2) is 0 Å². The number of carbonyl (C=O) groups is 1. The lowest BCUT2D eigenvalue weighted by Crippen LogP contribution is -2.22. The molecule has 0 radical (unpaired) electrons. The quantitative estimate of drug-likeness (QED) is 0.268. The average molecular weight is 380 g/mol. The highest BCUT2D eigenvalue weighted by atomic mass is 35.5. The van der Waals surface area contributed by atoms with Gasteiger partial charge in [0.25, 0.3) is 5.91 Å². The van der Waals surface area contributed by atoms with Crippen molar-refractivity contribution < 1.29 is 9.63 Å². The molecule has 122 valence electrons. The first kappa shape index (κ1) is 18.0. The molecule has 1 aromatic heterocycles. The number of nitrogens with one attached hydrogen (secondary N) is 1. The number of halogens is 2. The van der Waals surface area contributed by atoms with Gasteiger partial charge in [0, 0.05) is 20.5 Å². The van der Waals surface area contributed by atoms with Gasteiger partial charge in [-0.15, -0.1) is 11.3 Å². The van der Waals surface area contributed by atoms with Crippen LogP contribution in [0.1, 0.15) is 10.4 Å². The van der Waals surface area contributed by atoms with Gasteiger partial charge in [-0.05, 0) is 29.7 Å². The Hall–Kier alpha value is -2.33. The second-order valence-corrected chi connectivity index (χ2v) is 6.23. The summed E-state index contributed by atoms with van der Waals surface area (Å²) in [7, 11) is 0. The van der Waals surface area contributed by atoms with Crippen molar-refractivity contribution >= 4 is 52.9 Å². The Morgan fingerprint density at radius 3 is 2.92 bits per heavy atom. The zero-order valence-electron chi connectivity index (χ0n) is 12.2. The molecule has 0 saturated carbocycles. The van der Waals surface area contributed by atoms with E-state index < -0.39 is 5.91 Å². The molecule has 24 heavy (non-hydrogen) atoms. The van der Waals surface area contributed by atoms with Crippen molar-refractivity contribution in [3.8, 4) is 6.07 Å². The summed E-state index contributed by atoms with van der Waals surface area (Å²) >= 11 is 13.2. The highest BCUT2D eigenvalue weighted by molar-refractivity contribution is 7.10. The first-order chi connectivity index (χ1) is 11.6. The Morgan fingerprint density at radius 1 is 1.42 bits per heavy atom. The van der Waals surface area contributed by atoms with E-state index in [9.17, 15) is 4.79 Å². The Bertz CT molecular complexity index is 811. The first-order valence-corrected chi connectivity index (χ1v) is 8.27. The molecule has 1 N–H and O–H groups in total. The second-order valence-electron chi connectivity index (χ2n) is 4.40. The first-order valence-electron chi connectivity index (χ1n) is 6.64. The Balaban J connectivity index is 1.85. The Labute approximate surface area is 152 Å². The maximum absolute atomic E-state index is 11.8. The smallest absolute Gasteiger partial charge is 0.267 e. The number of carbonyl (C=O) groups excluding carboxylic acids is 1. The van der Waals surface area contributed by atoms with Gasteiger partial charge in [0.1, 0.15) is 24.6 Å². The van der Waals surface area contributed by atoms with Crippen LogP contribution >= 0.6 is 34.5 Å². The minimum Gasteiger partial charge on any atom is -0.390 e. The fourth-order valence-corrected chi connectivity index (χ4v) is 2.73. The normalized spacial score (nSPS) is 11.3. The second kappa shape index (κ2) is 9.08. The number of nitriles is 1. The van der Waals surface area contributed by atoms with Crippen molar-refractivity contribution in [1.82, 2.24) is 5.32 Å². The standard InChI is InChI=1S/C16H11Cl2N3O2S/c17-13-4-3-11(15(18)7-13)9-23-21-10-20-16(22)12(8-19)6-14-2-1-5-24-14/h1-7,10H,9H2,(H,20,21,22)/b12-6+. The molecule has 0 fully saturated rings. The average Bonchev–Trinajstić information content (AvgIpc) is 3.07. The molecule has 1 amide bonds. The largest absolute Gasteiger partial charge is 0.390 e. The Kier molecular flexibility index (Phi) is 6.82. The van der Waals surface area contributed by atoms with Crippen molar-refractivity contribution in [1.29, 1.82) is 5.26 Å². The van der Waals surface area contributed by atoms with Gasteiger partial charge in [0.05, 0.1) is 0 Å². The topological polar surface area (TPSA) is 74.5 Å². The highest BCUT2D eigenvalue weighted by Gasteiger charge is 2.07. The van der Waals surface area contributed by atoms with E-state index in [0.717, 1.165) is 11.2 Å². The van der Waals surface area contributed by atoms with Gasteiger partial charge in [-0.3, -0.25) is 4.79 Å². The van der Waals surface area contributed by atoms with Gasteiger partial charge in [-0.1, -0.05) is 40.5 Å². The third kappa shape index (κ3) is 5.39. The molecule has 8 heteroatoms. The van der Waals surface area contributed by atoms with Crippen LogP contribution in [0.25, 0.3) is 6.08 Å². The van der Waals surface area contributed by atoms with Gasteiger partial charge in [-0.2, -0.15) is 5.26 Å². The molecular weight excluding hydrogens is 369 g/mol. The van der Waals surface area contributed by atoms with Crippen molar-refractivity contribution in [2.24, 2.45) is 5.16 Å². The van der Waals surface area contributed by atoms with E-state index in [2.05, 4.69) is 10.5 Å². The maximum atomic E-state index is 11.8. The van der Waals surface area contributed by atoms with Crippen LogP contribution in [-0.4, -0.2) is 12.2 Å². The van der Waals surface area contributed by atoms with Gasteiger partial charge in [0.15, 0.2) is 0 Å². The fraction of sp³-hybridized carbons (Fsp3) is 0.0625.